The summed E-state index contributed by atoms with van der Waals surface area (Å²) < 4.78 is 46.4. The van der Waals surface area contributed by atoms with Crippen LogP contribution in [0.4, 0.5) is 18.9 Å². The van der Waals surface area contributed by atoms with Gasteiger partial charge in [-0.1, -0.05) is 17.7 Å². The smallest absolute Gasteiger partial charge is 0.276 e. The number of fused-ring (bicyclic) bond motifs is 1. The molecule has 4 atom stereocenters. The summed E-state index contributed by atoms with van der Waals surface area (Å²) in [4.78, 5) is 25.4. The molecule has 0 radical (unpaired) electrons. The van der Waals surface area contributed by atoms with Crippen molar-refractivity contribution in [2.75, 3.05) is 5.32 Å². The van der Waals surface area contributed by atoms with Crippen LogP contribution < -0.4 is 15.8 Å². The number of terminal acetylenes is 1. The van der Waals surface area contributed by atoms with Gasteiger partial charge in [-0.05, 0) is 45.4 Å². The molecule has 178 valence electrons. The van der Waals surface area contributed by atoms with Crippen molar-refractivity contribution in [3.05, 3.63) is 47.2 Å². The number of amidine groups is 1. The molecule has 1 fully saturated rings. The largest absolute Gasteiger partial charge is 0.460 e. The van der Waals surface area contributed by atoms with Gasteiger partial charge in [0.15, 0.2) is 11.3 Å². The van der Waals surface area contributed by atoms with E-state index in [1.54, 1.807) is 20.8 Å². The molecule has 1 aliphatic carbocycles. The van der Waals surface area contributed by atoms with Gasteiger partial charge in [-0.3, -0.25) is 9.79 Å². The normalized spacial score (nSPS) is 26.2. The lowest BCUT2D eigenvalue weighted by atomic mass is 9.85. The highest BCUT2D eigenvalue weighted by Crippen LogP contribution is 2.68. The maximum absolute atomic E-state index is 14.9. The number of benzene rings is 1. The second-order valence-corrected chi connectivity index (χ2v) is 9.81. The molecule has 2 aromatic rings. The number of aromatic nitrogens is 2. The van der Waals surface area contributed by atoms with E-state index in [1.807, 2.05) is 0 Å². The van der Waals surface area contributed by atoms with Gasteiger partial charge >= 0.3 is 0 Å². The van der Waals surface area contributed by atoms with E-state index in [9.17, 15) is 18.0 Å². The molecule has 1 amide bonds. The number of thioether (sulfide) groups is 1. The Kier molecular flexibility index (Phi) is 5.97. The summed E-state index contributed by atoms with van der Waals surface area (Å²) in [6, 6.07) is 3.92. The first-order valence-electron chi connectivity index (χ1n) is 10.4. The molecule has 0 spiro atoms. The molecule has 0 unspecified atom stereocenters. The second kappa shape index (κ2) is 8.51. The predicted octanol–water partition coefficient (Wildman–Crippen LogP) is 3.88. The molecular formula is C23H22F3N5O2S. The number of halogens is 3. The fourth-order valence-electron chi connectivity index (χ4n) is 4.24. The van der Waals surface area contributed by atoms with Crippen LogP contribution in [0.1, 0.15) is 42.0 Å². The number of nitrogens with zero attached hydrogens (tertiary/aromatic N) is 3. The van der Waals surface area contributed by atoms with Crippen LogP contribution in [0.3, 0.4) is 0 Å². The van der Waals surface area contributed by atoms with Gasteiger partial charge in [0, 0.05) is 17.2 Å². The fraction of sp³-hybridized carbons (Fsp3) is 0.391. The van der Waals surface area contributed by atoms with E-state index >= 15 is 0 Å². The standard InChI is InChI=1S/C23H22F3N5O2S/c1-5-11(2)33-17-10-28-18(12(3)29-17)19(32)30-13-6-7-15(24)14(8-13)22(4)16-9-23(16,20(25)26)34-21(27)31-22/h1,6-8,10-11,16,20H,9H2,2-4H3,(H2,27,31)(H,30,32)/t11-,16-,22-,23-/m0/s1. The van der Waals surface area contributed by atoms with Gasteiger partial charge in [-0.15, -0.1) is 6.42 Å². The van der Waals surface area contributed by atoms with Crippen LogP contribution >= 0.6 is 11.8 Å². The zero-order valence-corrected chi connectivity index (χ0v) is 19.4. The lowest BCUT2D eigenvalue weighted by molar-refractivity contribution is 0.102. The van der Waals surface area contributed by atoms with Crippen LogP contribution in [-0.2, 0) is 5.54 Å². The van der Waals surface area contributed by atoms with E-state index in [-0.39, 0.29) is 34.4 Å². The number of aliphatic imine (C=N–C) groups is 1. The number of hydrogen-bond acceptors (Lipinski definition) is 7. The zero-order chi connectivity index (χ0) is 24.8. The number of alkyl halides is 2. The molecule has 0 bridgehead atoms. The topological polar surface area (TPSA) is 102 Å². The van der Waals surface area contributed by atoms with Gasteiger partial charge in [-0.2, -0.15) is 0 Å². The summed E-state index contributed by atoms with van der Waals surface area (Å²) in [7, 11) is 0. The molecule has 11 heteroatoms. The molecule has 7 nitrogen and oxygen atoms in total. The average molecular weight is 490 g/mol. The Bertz CT molecular complexity index is 1230. The highest BCUT2D eigenvalue weighted by molar-refractivity contribution is 8.15. The van der Waals surface area contributed by atoms with Gasteiger partial charge in [0.25, 0.3) is 12.3 Å². The Labute approximate surface area is 198 Å². The summed E-state index contributed by atoms with van der Waals surface area (Å²) in [6.45, 7) is 4.84. The second-order valence-electron chi connectivity index (χ2n) is 8.43. The van der Waals surface area contributed by atoms with E-state index < -0.39 is 40.5 Å². The number of anilines is 1. The summed E-state index contributed by atoms with van der Waals surface area (Å²) in [5.74, 6) is 0.772. The number of hydrogen-bond donors (Lipinski definition) is 2. The zero-order valence-electron chi connectivity index (χ0n) is 18.6. The van der Waals surface area contributed by atoms with Crippen molar-refractivity contribution in [2.24, 2.45) is 16.6 Å². The molecule has 1 aromatic carbocycles. The molecule has 2 heterocycles. The minimum absolute atomic E-state index is 0.0160. The van der Waals surface area contributed by atoms with Crippen LogP contribution in [0.5, 0.6) is 5.88 Å². The maximum atomic E-state index is 14.9. The van der Waals surface area contributed by atoms with Crippen LogP contribution in [0.2, 0.25) is 0 Å². The molecule has 34 heavy (non-hydrogen) atoms. The Morgan fingerprint density at radius 3 is 2.82 bits per heavy atom. The SMILES string of the molecule is C#C[C@H](C)Oc1cnc(C(=O)Nc2ccc(F)c([C@]3(C)N=C(N)S[C@@]4(C(F)F)C[C@@H]34)c2)c(C)n1. The highest BCUT2D eigenvalue weighted by atomic mass is 32.2. The predicted molar refractivity (Wildman–Crippen MR) is 123 cm³/mol. The third-order valence-electron chi connectivity index (χ3n) is 6.08. The van der Waals surface area contributed by atoms with Crippen molar-refractivity contribution in [1.82, 2.24) is 9.97 Å². The van der Waals surface area contributed by atoms with Gasteiger partial charge in [0.1, 0.15) is 11.5 Å². The lowest BCUT2D eigenvalue weighted by Gasteiger charge is -2.34. The van der Waals surface area contributed by atoms with E-state index in [0.717, 1.165) is 17.8 Å². The average Bonchev–Trinajstić information content (AvgIpc) is 3.52. The van der Waals surface area contributed by atoms with Crippen LogP contribution in [0.25, 0.3) is 0 Å². The van der Waals surface area contributed by atoms with Crippen molar-refractivity contribution in [2.45, 2.75) is 50.0 Å². The monoisotopic (exact) mass is 489 g/mol. The van der Waals surface area contributed by atoms with E-state index in [4.69, 9.17) is 16.9 Å². The lowest BCUT2D eigenvalue weighted by Crippen LogP contribution is -2.38. The van der Waals surface area contributed by atoms with Gasteiger partial charge in [0.05, 0.1) is 22.2 Å². The summed E-state index contributed by atoms with van der Waals surface area (Å²) in [6.07, 6.45) is 3.58. The van der Waals surface area contributed by atoms with Crippen molar-refractivity contribution in [3.63, 3.8) is 0 Å². The van der Waals surface area contributed by atoms with Crippen LogP contribution in [0, 0.1) is 31.0 Å². The van der Waals surface area contributed by atoms with Crippen molar-refractivity contribution >= 4 is 28.5 Å². The van der Waals surface area contributed by atoms with E-state index in [0.29, 0.717) is 5.69 Å². The van der Waals surface area contributed by atoms with Crippen molar-refractivity contribution in [3.8, 4) is 18.2 Å². The van der Waals surface area contributed by atoms with E-state index in [2.05, 4.69) is 26.2 Å². The van der Waals surface area contributed by atoms with E-state index in [1.165, 1.54) is 18.3 Å². The Morgan fingerprint density at radius 1 is 1.44 bits per heavy atom. The van der Waals surface area contributed by atoms with Crippen molar-refractivity contribution < 1.29 is 22.7 Å². The number of amides is 1. The molecule has 2 aliphatic rings. The minimum atomic E-state index is -2.63. The number of ether oxygens (including phenoxy) is 1. The summed E-state index contributed by atoms with van der Waals surface area (Å²) in [5.41, 5.74) is 5.22. The molecule has 1 aliphatic heterocycles. The first-order chi connectivity index (χ1) is 16.0. The molecule has 1 aromatic heterocycles. The van der Waals surface area contributed by atoms with Gasteiger partial charge in [-0.25, -0.2) is 23.1 Å². The third kappa shape index (κ3) is 4.07. The number of carbonyl (C=O) groups excluding carboxylic acids is 1. The summed E-state index contributed by atoms with van der Waals surface area (Å²) in [5, 5.41) is 2.64. The number of nitrogens with one attached hydrogen (secondary N) is 1. The molecule has 3 N–H and O–H groups in total. The number of nitrogens with two attached hydrogens (primary N) is 1. The maximum Gasteiger partial charge on any atom is 0.276 e. The summed E-state index contributed by atoms with van der Waals surface area (Å²) >= 11 is 0.843. The Balaban J connectivity index is 1.60. The fourth-order valence-corrected chi connectivity index (χ4v) is 5.58. The van der Waals surface area contributed by atoms with Crippen molar-refractivity contribution in [1.29, 1.82) is 0 Å². The van der Waals surface area contributed by atoms with Gasteiger partial charge < -0.3 is 15.8 Å². The Hall–Kier alpha value is -3.26. The number of carbonyl (C=O) groups is 1. The minimum Gasteiger partial charge on any atom is -0.460 e. The molecule has 0 saturated heterocycles. The number of aryl methyl sites for hydroxylation is 1. The number of rotatable bonds is 6. The first-order valence-corrected chi connectivity index (χ1v) is 11.2. The first kappa shape index (κ1) is 23.9. The van der Waals surface area contributed by atoms with Gasteiger partial charge in [0.2, 0.25) is 5.88 Å². The molecule has 4 rings (SSSR count). The quantitative estimate of drug-likeness (QED) is 0.597. The molecular weight excluding hydrogens is 467 g/mol. The molecule has 1 saturated carbocycles. The van der Waals surface area contributed by atoms with Crippen LogP contribution in [0.15, 0.2) is 29.4 Å². The third-order valence-corrected chi connectivity index (χ3v) is 7.39. The Morgan fingerprint density at radius 2 is 2.18 bits per heavy atom. The van der Waals surface area contributed by atoms with Crippen LogP contribution in [-0.4, -0.2) is 38.3 Å². The highest BCUT2D eigenvalue weighted by Gasteiger charge is 2.71.